The van der Waals surface area contributed by atoms with Crippen molar-refractivity contribution < 1.29 is 14.2 Å². The Kier molecular flexibility index (Phi) is 5.15. The van der Waals surface area contributed by atoms with Crippen LogP contribution in [-0.2, 0) is 15.9 Å². The van der Waals surface area contributed by atoms with Gasteiger partial charge in [0.15, 0.2) is 11.6 Å². The molecule has 0 radical (unpaired) electrons. The van der Waals surface area contributed by atoms with Gasteiger partial charge in [-0.05, 0) is 31.0 Å². The molecule has 2 heterocycles. The van der Waals surface area contributed by atoms with Crippen molar-refractivity contribution in [1.82, 2.24) is 14.8 Å². The van der Waals surface area contributed by atoms with E-state index < -0.39 is 0 Å². The van der Waals surface area contributed by atoms with Crippen molar-refractivity contribution in [2.45, 2.75) is 25.4 Å². The van der Waals surface area contributed by atoms with Crippen molar-refractivity contribution >= 4 is 11.6 Å². The van der Waals surface area contributed by atoms with Crippen LogP contribution in [0.15, 0.2) is 18.2 Å². The summed E-state index contributed by atoms with van der Waals surface area (Å²) < 4.78 is 18.2. The summed E-state index contributed by atoms with van der Waals surface area (Å²) in [6, 6.07) is 5.44. The molecule has 2 aromatic rings. The largest absolute Gasteiger partial charge is 0.494 e. The summed E-state index contributed by atoms with van der Waals surface area (Å²) >= 11 is 6.16. The minimum absolute atomic E-state index is 0.0533. The second kappa shape index (κ2) is 7.29. The minimum Gasteiger partial charge on any atom is -0.494 e. The summed E-state index contributed by atoms with van der Waals surface area (Å²) in [5, 5.41) is 5.24. The first-order valence-electron chi connectivity index (χ1n) is 7.63. The third-order valence-corrected chi connectivity index (χ3v) is 4.03. The summed E-state index contributed by atoms with van der Waals surface area (Å²) in [7, 11) is 3.29. The van der Waals surface area contributed by atoms with E-state index in [4.69, 9.17) is 25.8 Å². The second-order valence-electron chi connectivity index (χ2n) is 5.36. The molecule has 0 amide bonds. The average molecular weight is 338 g/mol. The highest BCUT2D eigenvalue weighted by molar-refractivity contribution is 6.30. The molecule has 124 valence electrons. The SMILES string of the molecule is COCCc1nc([C@H]2CCCO2)n(-c2cc(Cl)ccc2OC)n1. The van der Waals surface area contributed by atoms with Gasteiger partial charge in [0, 0.05) is 25.2 Å². The number of nitrogens with zero attached hydrogens (tertiary/aromatic N) is 3. The summed E-state index contributed by atoms with van der Waals surface area (Å²) in [6.45, 7) is 1.32. The molecule has 1 saturated heterocycles. The van der Waals surface area contributed by atoms with Gasteiger partial charge < -0.3 is 14.2 Å². The smallest absolute Gasteiger partial charge is 0.161 e. The molecule has 6 nitrogen and oxygen atoms in total. The fourth-order valence-corrected chi connectivity index (χ4v) is 2.83. The Hall–Kier alpha value is -1.63. The molecule has 3 rings (SSSR count). The van der Waals surface area contributed by atoms with Crippen LogP contribution in [0.5, 0.6) is 5.75 Å². The first kappa shape index (κ1) is 16.2. The summed E-state index contributed by atoms with van der Waals surface area (Å²) in [5.41, 5.74) is 0.765. The lowest BCUT2D eigenvalue weighted by molar-refractivity contribution is 0.103. The van der Waals surface area contributed by atoms with Crippen molar-refractivity contribution in [2.75, 3.05) is 27.4 Å². The van der Waals surface area contributed by atoms with Crippen molar-refractivity contribution in [3.05, 3.63) is 34.9 Å². The predicted octanol–water partition coefficient (Wildman–Crippen LogP) is 2.97. The van der Waals surface area contributed by atoms with E-state index in [9.17, 15) is 0 Å². The fourth-order valence-electron chi connectivity index (χ4n) is 2.66. The lowest BCUT2D eigenvalue weighted by Crippen LogP contribution is -2.09. The van der Waals surface area contributed by atoms with Gasteiger partial charge in [0.05, 0.1) is 13.7 Å². The maximum absolute atomic E-state index is 6.16. The van der Waals surface area contributed by atoms with Crippen LogP contribution in [0.4, 0.5) is 0 Å². The Labute approximate surface area is 140 Å². The van der Waals surface area contributed by atoms with Crippen LogP contribution in [0.2, 0.25) is 5.02 Å². The standard InChI is InChI=1S/C16H20ClN3O3/c1-21-9-7-15-18-16(14-4-3-8-23-14)20(19-15)12-10-11(17)5-6-13(12)22-2/h5-6,10,14H,3-4,7-9H2,1-2H3/t14-/m1/s1. The lowest BCUT2D eigenvalue weighted by Gasteiger charge is -2.13. The molecule has 0 unspecified atom stereocenters. The number of halogens is 1. The zero-order chi connectivity index (χ0) is 16.2. The number of ether oxygens (including phenoxy) is 3. The zero-order valence-electron chi connectivity index (χ0n) is 13.3. The monoisotopic (exact) mass is 337 g/mol. The first-order chi connectivity index (χ1) is 11.2. The Bertz CT molecular complexity index is 669. The lowest BCUT2D eigenvalue weighted by atomic mass is 10.2. The van der Waals surface area contributed by atoms with Crippen LogP contribution in [0.3, 0.4) is 0 Å². The van der Waals surface area contributed by atoms with Gasteiger partial charge in [-0.15, -0.1) is 0 Å². The van der Waals surface area contributed by atoms with Crippen molar-refractivity contribution in [3.63, 3.8) is 0 Å². The number of methoxy groups -OCH3 is 2. The van der Waals surface area contributed by atoms with Crippen LogP contribution >= 0.6 is 11.6 Å². The van der Waals surface area contributed by atoms with Gasteiger partial charge in [-0.3, -0.25) is 0 Å². The average Bonchev–Trinajstić information content (AvgIpc) is 3.22. The number of rotatable bonds is 6. The molecular weight excluding hydrogens is 318 g/mol. The quantitative estimate of drug-likeness (QED) is 0.811. The maximum atomic E-state index is 6.16. The van der Waals surface area contributed by atoms with E-state index in [2.05, 4.69) is 10.1 Å². The summed E-state index contributed by atoms with van der Waals surface area (Å²) in [5.74, 6) is 2.20. The van der Waals surface area contributed by atoms with E-state index in [1.54, 1.807) is 25.0 Å². The molecule has 1 aliphatic heterocycles. The van der Waals surface area contributed by atoms with E-state index in [1.165, 1.54) is 0 Å². The highest BCUT2D eigenvalue weighted by Crippen LogP contribution is 2.32. The molecule has 0 N–H and O–H groups in total. The Morgan fingerprint density at radius 1 is 1.39 bits per heavy atom. The number of aromatic nitrogens is 3. The third-order valence-electron chi connectivity index (χ3n) is 3.79. The predicted molar refractivity (Wildman–Crippen MR) is 86.4 cm³/mol. The molecule has 1 aliphatic rings. The van der Waals surface area contributed by atoms with Gasteiger partial charge in [-0.1, -0.05) is 11.6 Å². The Morgan fingerprint density at radius 3 is 2.96 bits per heavy atom. The molecule has 0 aliphatic carbocycles. The van der Waals surface area contributed by atoms with Gasteiger partial charge in [0.2, 0.25) is 0 Å². The Balaban J connectivity index is 2.05. The van der Waals surface area contributed by atoms with Gasteiger partial charge in [-0.2, -0.15) is 5.10 Å². The van der Waals surface area contributed by atoms with Gasteiger partial charge in [-0.25, -0.2) is 9.67 Å². The number of benzene rings is 1. The molecule has 7 heteroatoms. The minimum atomic E-state index is -0.0533. The molecular formula is C16H20ClN3O3. The van der Waals surface area contributed by atoms with E-state index in [1.807, 2.05) is 12.1 Å². The molecule has 0 spiro atoms. The normalized spacial score (nSPS) is 17.6. The van der Waals surface area contributed by atoms with Gasteiger partial charge >= 0.3 is 0 Å². The van der Waals surface area contributed by atoms with Crippen molar-refractivity contribution in [1.29, 1.82) is 0 Å². The molecule has 0 saturated carbocycles. The number of hydrogen-bond donors (Lipinski definition) is 0. The van der Waals surface area contributed by atoms with Crippen LogP contribution in [0.25, 0.3) is 5.69 Å². The molecule has 1 atom stereocenters. The van der Waals surface area contributed by atoms with E-state index in [-0.39, 0.29) is 6.10 Å². The molecule has 1 aromatic carbocycles. The second-order valence-corrected chi connectivity index (χ2v) is 5.80. The zero-order valence-corrected chi connectivity index (χ0v) is 14.0. The highest BCUT2D eigenvalue weighted by Gasteiger charge is 2.26. The summed E-state index contributed by atoms with van der Waals surface area (Å²) in [4.78, 5) is 4.66. The fraction of sp³-hybridized carbons (Fsp3) is 0.500. The van der Waals surface area contributed by atoms with E-state index in [0.29, 0.717) is 23.8 Å². The topological polar surface area (TPSA) is 58.4 Å². The maximum Gasteiger partial charge on any atom is 0.161 e. The highest BCUT2D eigenvalue weighted by atomic mass is 35.5. The van der Waals surface area contributed by atoms with Crippen LogP contribution in [0, 0.1) is 0 Å². The number of hydrogen-bond acceptors (Lipinski definition) is 5. The third kappa shape index (κ3) is 3.49. The van der Waals surface area contributed by atoms with Crippen molar-refractivity contribution in [3.8, 4) is 11.4 Å². The van der Waals surface area contributed by atoms with Crippen LogP contribution in [0.1, 0.15) is 30.6 Å². The Morgan fingerprint density at radius 2 is 2.26 bits per heavy atom. The summed E-state index contributed by atoms with van der Waals surface area (Å²) in [6.07, 6.45) is 2.55. The van der Waals surface area contributed by atoms with E-state index in [0.717, 1.165) is 36.8 Å². The van der Waals surface area contributed by atoms with Crippen molar-refractivity contribution in [2.24, 2.45) is 0 Å². The molecule has 1 aromatic heterocycles. The molecule has 0 bridgehead atoms. The van der Waals surface area contributed by atoms with Gasteiger partial charge in [0.25, 0.3) is 0 Å². The molecule has 1 fully saturated rings. The van der Waals surface area contributed by atoms with Gasteiger partial charge in [0.1, 0.15) is 17.5 Å². The van der Waals surface area contributed by atoms with Crippen LogP contribution < -0.4 is 4.74 Å². The first-order valence-corrected chi connectivity index (χ1v) is 8.01. The van der Waals surface area contributed by atoms with Crippen LogP contribution in [-0.4, -0.2) is 42.2 Å². The molecule has 23 heavy (non-hydrogen) atoms. The van der Waals surface area contributed by atoms with E-state index >= 15 is 0 Å².